The Balaban J connectivity index is 2.05. The van der Waals surface area contributed by atoms with Gasteiger partial charge in [0.25, 0.3) is 0 Å². The number of amides is 1. The van der Waals surface area contributed by atoms with E-state index >= 15 is 0 Å². The van der Waals surface area contributed by atoms with Crippen molar-refractivity contribution in [2.45, 2.75) is 12.8 Å². The number of carbonyl (C=O) groups is 1. The van der Waals surface area contributed by atoms with E-state index in [1.807, 2.05) is 0 Å². The van der Waals surface area contributed by atoms with Gasteiger partial charge in [-0.05, 0) is 31.0 Å². The molecule has 1 aliphatic heterocycles. The van der Waals surface area contributed by atoms with Crippen LogP contribution in [0.5, 0.6) is 0 Å². The third-order valence-electron chi connectivity index (χ3n) is 2.95. The lowest BCUT2D eigenvalue weighted by atomic mass is 9.99. The molecule has 4 nitrogen and oxygen atoms in total. The summed E-state index contributed by atoms with van der Waals surface area (Å²) in [5.41, 5.74) is 0.379. The number of hydrogen-bond acceptors (Lipinski definition) is 3. The fourth-order valence-corrected chi connectivity index (χ4v) is 1.89. The highest BCUT2D eigenvalue weighted by Crippen LogP contribution is 2.19. The molecule has 1 heterocycles. The summed E-state index contributed by atoms with van der Waals surface area (Å²) in [6, 6.07) is 5.71. The standard InChI is InChI=1S/C13H13FN2O2/c14-12-2-1-11(7-10(12)8-15)16-13(17)9-3-5-18-6-4-9/h1-2,7,9H,3-6H2,(H,16,17). The van der Waals surface area contributed by atoms with E-state index in [1.165, 1.54) is 18.2 Å². The second-order valence-electron chi connectivity index (χ2n) is 4.18. The van der Waals surface area contributed by atoms with Crippen molar-refractivity contribution < 1.29 is 13.9 Å². The van der Waals surface area contributed by atoms with E-state index in [1.54, 1.807) is 6.07 Å². The highest BCUT2D eigenvalue weighted by molar-refractivity contribution is 5.92. The third kappa shape index (κ3) is 2.84. The summed E-state index contributed by atoms with van der Waals surface area (Å²) < 4.78 is 18.3. The molecule has 0 spiro atoms. The Hall–Kier alpha value is -1.93. The third-order valence-corrected chi connectivity index (χ3v) is 2.95. The molecule has 1 aromatic carbocycles. The Labute approximate surface area is 104 Å². The first-order valence-electron chi connectivity index (χ1n) is 5.79. The Morgan fingerprint density at radius 3 is 2.83 bits per heavy atom. The van der Waals surface area contributed by atoms with Gasteiger partial charge in [0.2, 0.25) is 5.91 Å². The van der Waals surface area contributed by atoms with E-state index in [0.717, 1.165) is 0 Å². The van der Waals surface area contributed by atoms with Gasteiger partial charge in [-0.25, -0.2) is 4.39 Å². The lowest BCUT2D eigenvalue weighted by Crippen LogP contribution is -2.28. The number of benzene rings is 1. The van der Waals surface area contributed by atoms with E-state index in [0.29, 0.717) is 31.7 Å². The first kappa shape index (κ1) is 12.5. The number of ether oxygens (including phenoxy) is 1. The maximum Gasteiger partial charge on any atom is 0.227 e. The SMILES string of the molecule is N#Cc1cc(NC(=O)C2CCOCC2)ccc1F. The van der Waals surface area contributed by atoms with Gasteiger partial charge >= 0.3 is 0 Å². The second kappa shape index (κ2) is 5.61. The maximum absolute atomic E-state index is 13.1. The highest BCUT2D eigenvalue weighted by atomic mass is 19.1. The van der Waals surface area contributed by atoms with Gasteiger partial charge in [-0.15, -0.1) is 0 Å². The fraction of sp³-hybridized carbons (Fsp3) is 0.385. The minimum atomic E-state index is -0.582. The van der Waals surface area contributed by atoms with Crippen molar-refractivity contribution in [1.82, 2.24) is 0 Å². The van der Waals surface area contributed by atoms with Crippen LogP contribution in [0.25, 0.3) is 0 Å². The van der Waals surface area contributed by atoms with E-state index in [-0.39, 0.29) is 17.4 Å². The van der Waals surface area contributed by atoms with Crippen LogP contribution in [0.15, 0.2) is 18.2 Å². The molecule has 1 N–H and O–H groups in total. The molecule has 0 aromatic heterocycles. The molecule has 1 amide bonds. The number of nitrogens with one attached hydrogen (secondary N) is 1. The molecule has 0 radical (unpaired) electrons. The van der Waals surface area contributed by atoms with E-state index in [2.05, 4.69) is 5.32 Å². The lowest BCUT2D eigenvalue weighted by Gasteiger charge is -2.21. The zero-order chi connectivity index (χ0) is 13.0. The van der Waals surface area contributed by atoms with Crippen LogP contribution < -0.4 is 5.32 Å². The Kier molecular flexibility index (Phi) is 3.90. The molecule has 5 heteroatoms. The number of nitriles is 1. The van der Waals surface area contributed by atoms with Crippen LogP contribution in [0.3, 0.4) is 0 Å². The normalized spacial score (nSPS) is 16.0. The van der Waals surface area contributed by atoms with Gasteiger partial charge in [0.05, 0.1) is 5.56 Å². The molecule has 2 rings (SSSR count). The highest BCUT2D eigenvalue weighted by Gasteiger charge is 2.21. The molecule has 1 aliphatic rings. The molecule has 94 valence electrons. The molecule has 0 saturated carbocycles. The topological polar surface area (TPSA) is 62.1 Å². The van der Waals surface area contributed by atoms with Crippen molar-refractivity contribution in [3.05, 3.63) is 29.6 Å². The molecule has 1 saturated heterocycles. The van der Waals surface area contributed by atoms with Gasteiger partial charge in [0.1, 0.15) is 11.9 Å². The smallest absolute Gasteiger partial charge is 0.227 e. The molecular formula is C13H13FN2O2. The van der Waals surface area contributed by atoms with Crippen LogP contribution in [0, 0.1) is 23.1 Å². The van der Waals surface area contributed by atoms with Crippen molar-refractivity contribution in [2.24, 2.45) is 5.92 Å². The van der Waals surface area contributed by atoms with Crippen LogP contribution in [0.2, 0.25) is 0 Å². The van der Waals surface area contributed by atoms with Crippen molar-refractivity contribution in [2.75, 3.05) is 18.5 Å². The number of carbonyl (C=O) groups excluding carboxylic acids is 1. The summed E-state index contributed by atoms with van der Waals surface area (Å²) >= 11 is 0. The number of halogens is 1. The average Bonchev–Trinajstić information content (AvgIpc) is 2.42. The van der Waals surface area contributed by atoms with Crippen molar-refractivity contribution >= 4 is 11.6 Å². The maximum atomic E-state index is 13.1. The monoisotopic (exact) mass is 248 g/mol. The summed E-state index contributed by atoms with van der Waals surface area (Å²) in [6.45, 7) is 1.18. The second-order valence-corrected chi connectivity index (χ2v) is 4.18. The first-order valence-corrected chi connectivity index (χ1v) is 5.79. The van der Waals surface area contributed by atoms with Crippen LogP contribution in [-0.2, 0) is 9.53 Å². The predicted octanol–water partition coefficient (Wildman–Crippen LogP) is 2.06. The molecular weight excluding hydrogens is 235 g/mol. The van der Waals surface area contributed by atoms with Crippen LogP contribution in [0.4, 0.5) is 10.1 Å². The van der Waals surface area contributed by atoms with Crippen molar-refractivity contribution in [3.63, 3.8) is 0 Å². The van der Waals surface area contributed by atoms with Gasteiger partial charge in [0.15, 0.2) is 0 Å². The van der Waals surface area contributed by atoms with Gasteiger partial charge in [-0.2, -0.15) is 5.26 Å². The summed E-state index contributed by atoms with van der Waals surface area (Å²) in [5.74, 6) is -0.760. The van der Waals surface area contributed by atoms with Crippen molar-refractivity contribution in [1.29, 1.82) is 5.26 Å². The Morgan fingerprint density at radius 2 is 2.17 bits per heavy atom. The quantitative estimate of drug-likeness (QED) is 0.871. The first-order chi connectivity index (χ1) is 8.70. The van der Waals surface area contributed by atoms with Crippen LogP contribution >= 0.6 is 0 Å². The largest absolute Gasteiger partial charge is 0.381 e. The minimum absolute atomic E-state index is 0.0697. The predicted molar refractivity (Wildman–Crippen MR) is 63.3 cm³/mol. The summed E-state index contributed by atoms with van der Waals surface area (Å²) in [6.07, 6.45) is 1.39. The lowest BCUT2D eigenvalue weighted by molar-refractivity contribution is -0.122. The van der Waals surface area contributed by atoms with Gasteiger partial charge in [-0.1, -0.05) is 0 Å². The van der Waals surface area contributed by atoms with Gasteiger partial charge in [0, 0.05) is 24.8 Å². The van der Waals surface area contributed by atoms with E-state index in [9.17, 15) is 9.18 Å². The number of rotatable bonds is 2. The minimum Gasteiger partial charge on any atom is -0.381 e. The summed E-state index contributed by atoms with van der Waals surface area (Å²) in [5, 5.41) is 11.4. The van der Waals surface area contributed by atoms with E-state index < -0.39 is 5.82 Å². The molecule has 0 aliphatic carbocycles. The average molecular weight is 248 g/mol. The number of anilines is 1. The molecule has 1 aromatic rings. The van der Waals surface area contributed by atoms with Gasteiger partial charge < -0.3 is 10.1 Å². The molecule has 0 bridgehead atoms. The van der Waals surface area contributed by atoms with E-state index in [4.69, 9.17) is 10.00 Å². The fourth-order valence-electron chi connectivity index (χ4n) is 1.89. The summed E-state index contributed by atoms with van der Waals surface area (Å²) in [7, 11) is 0. The van der Waals surface area contributed by atoms with Gasteiger partial charge in [-0.3, -0.25) is 4.79 Å². The molecule has 1 fully saturated rings. The Morgan fingerprint density at radius 1 is 1.44 bits per heavy atom. The zero-order valence-corrected chi connectivity index (χ0v) is 9.78. The Bertz CT molecular complexity index is 490. The van der Waals surface area contributed by atoms with Crippen molar-refractivity contribution in [3.8, 4) is 6.07 Å². The molecule has 18 heavy (non-hydrogen) atoms. The molecule has 0 atom stereocenters. The van der Waals surface area contributed by atoms with Crippen LogP contribution in [0.1, 0.15) is 18.4 Å². The summed E-state index contributed by atoms with van der Waals surface area (Å²) in [4.78, 5) is 11.9. The zero-order valence-electron chi connectivity index (χ0n) is 9.78. The molecule has 0 unspecified atom stereocenters. The number of nitrogens with zero attached hydrogens (tertiary/aromatic N) is 1. The number of hydrogen-bond donors (Lipinski definition) is 1. The van der Waals surface area contributed by atoms with Crippen LogP contribution in [-0.4, -0.2) is 19.1 Å².